The van der Waals surface area contributed by atoms with Crippen LogP contribution in [0.2, 0.25) is 0 Å². The molecule has 0 aliphatic rings. The number of pyridine rings is 2. The van der Waals surface area contributed by atoms with Crippen LogP contribution >= 0.6 is 0 Å². The molecule has 0 radical (unpaired) electrons. The van der Waals surface area contributed by atoms with Crippen LogP contribution in [-0.2, 0) is 6.61 Å². The molecule has 0 aliphatic carbocycles. The summed E-state index contributed by atoms with van der Waals surface area (Å²) in [6.07, 6.45) is 5.27. The van der Waals surface area contributed by atoms with E-state index in [0.717, 1.165) is 27.7 Å². The molecule has 0 fully saturated rings. The third kappa shape index (κ3) is 2.79. The molecule has 5 heteroatoms. The zero-order valence-corrected chi connectivity index (χ0v) is 12.8. The van der Waals surface area contributed by atoms with E-state index < -0.39 is 0 Å². The fraction of sp³-hybridized carbons (Fsp3) is 0.0526. The summed E-state index contributed by atoms with van der Waals surface area (Å²) in [5, 5.41) is 10.5. The average Bonchev–Trinajstić information content (AvgIpc) is 2.67. The second-order valence-electron chi connectivity index (χ2n) is 5.25. The monoisotopic (exact) mass is 314 g/mol. The van der Waals surface area contributed by atoms with E-state index >= 15 is 0 Å². The van der Waals surface area contributed by atoms with Crippen molar-refractivity contribution in [2.24, 2.45) is 0 Å². The number of benzene rings is 1. The van der Waals surface area contributed by atoms with E-state index in [-0.39, 0.29) is 0 Å². The Balaban J connectivity index is 1.73. The topological polar surface area (TPSA) is 60.8 Å². The van der Waals surface area contributed by atoms with Crippen molar-refractivity contribution in [3.05, 3.63) is 78.9 Å². The van der Waals surface area contributed by atoms with E-state index in [1.54, 1.807) is 18.6 Å². The summed E-state index contributed by atoms with van der Waals surface area (Å²) in [6, 6.07) is 17.5. The van der Waals surface area contributed by atoms with Crippen LogP contribution < -0.4 is 4.74 Å². The Labute approximate surface area is 139 Å². The third-order valence-electron chi connectivity index (χ3n) is 3.67. The number of hydrogen-bond donors (Lipinski definition) is 0. The fourth-order valence-electron chi connectivity index (χ4n) is 2.53. The van der Waals surface area contributed by atoms with Crippen LogP contribution in [0.3, 0.4) is 0 Å². The van der Waals surface area contributed by atoms with Gasteiger partial charge in [-0.05, 0) is 30.3 Å². The summed E-state index contributed by atoms with van der Waals surface area (Å²) in [6.45, 7) is 0.353. The lowest BCUT2D eigenvalue weighted by atomic mass is 10.1. The molecular weight excluding hydrogens is 300 g/mol. The van der Waals surface area contributed by atoms with Crippen molar-refractivity contribution in [1.82, 2.24) is 20.2 Å². The van der Waals surface area contributed by atoms with Gasteiger partial charge in [0, 0.05) is 34.9 Å². The van der Waals surface area contributed by atoms with Gasteiger partial charge in [0.15, 0.2) is 0 Å². The van der Waals surface area contributed by atoms with E-state index in [0.29, 0.717) is 12.5 Å². The molecule has 0 saturated heterocycles. The van der Waals surface area contributed by atoms with Crippen LogP contribution in [0, 0.1) is 0 Å². The zero-order valence-electron chi connectivity index (χ0n) is 12.8. The number of hydrogen-bond acceptors (Lipinski definition) is 5. The second kappa shape index (κ2) is 6.42. The molecule has 1 aromatic carbocycles. The predicted molar refractivity (Wildman–Crippen MR) is 91.3 cm³/mol. The molecule has 4 aromatic rings. The van der Waals surface area contributed by atoms with Gasteiger partial charge in [-0.2, -0.15) is 0 Å². The van der Waals surface area contributed by atoms with Gasteiger partial charge in [0.1, 0.15) is 12.3 Å². The molecule has 116 valence electrons. The van der Waals surface area contributed by atoms with Gasteiger partial charge >= 0.3 is 0 Å². The van der Waals surface area contributed by atoms with Gasteiger partial charge in [-0.1, -0.05) is 24.3 Å². The van der Waals surface area contributed by atoms with E-state index in [1.807, 2.05) is 54.6 Å². The Bertz CT molecular complexity index is 959. The predicted octanol–water partition coefficient (Wildman–Crippen LogP) is 3.67. The lowest BCUT2D eigenvalue weighted by molar-refractivity contribution is 0.290. The first kappa shape index (κ1) is 14.3. The Morgan fingerprint density at radius 3 is 2.46 bits per heavy atom. The summed E-state index contributed by atoms with van der Waals surface area (Å²) in [7, 11) is 0. The van der Waals surface area contributed by atoms with Gasteiger partial charge in [-0.25, -0.2) is 0 Å². The highest BCUT2D eigenvalue weighted by Gasteiger charge is 2.12. The van der Waals surface area contributed by atoms with Gasteiger partial charge in [0.05, 0.1) is 5.69 Å². The summed E-state index contributed by atoms with van der Waals surface area (Å²) < 4.78 is 5.84. The highest BCUT2D eigenvalue weighted by Crippen LogP contribution is 2.30. The zero-order chi connectivity index (χ0) is 16.2. The van der Waals surface area contributed by atoms with Crippen LogP contribution in [0.4, 0.5) is 0 Å². The van der Waals surface area contributed by atoms with Gasteiger partial charge in [-0.15, -0.1) is 10.2 Å². The van der Waals surface area contributed by atoms with Crippen LogP contribution in [0.25, 0.3) is 22.0 Å². The van der Waals surface area contributed by atoms with Gasteiger partial charge in [-0.3, -0.25) is 9.97 Å². The van der Waals surface area contributed by atoms with Crippen molar-refractivity contribution in [1.29, 1.82) is 0 Å². The van der Waals surface area contributed by atoms with Crippen LogP contribution in [-0.4, -0.2) is 20.2 Å². The molecule has 0 atom stereocenters. The smallest absolute Gasteiger partial charge is 0.241 e. The molecule has 5 nitrogen and oxygen atoms in total. The molecule has 3 aromatic heterocycles. The molecule has 4 rings (SSSR count). The van der Waals surface area contributed by atoms with Crippen molar-refractivity contribution in [3.63, 3.8) is 0 Å². The Kier molecular flexibility index (Phi) is 3.81. The van der Waals surface area contributed by atoms with Crippen molar-refractivity contribution < 1.29 is 4.74 Å². The number of ether oxygens (including phenoxy) is 1. The van der Waals surface area contributed by atoms with Crippen molar-refractivity contribution >= 4 is 10.8 Å². The third-order valence-corrected chi connectivity index (χ3v) is 3.67. The maximum absolute atomic E-state index is 5.84. The van der Waals surface area contributed by atoms with Crippen LogP contribution in [0.1, 0.15) is 5.69 Å². The van der Waals surface area contributed by atoms with Crippen LogP contribution in [0.5, 0.6) is 5.88 Å². The number of fused-ring (bicyclic) bond motifs is 1. The molecule has 0 amide bonds. The van der Waals surface area contributed by atoms with Crippen molar-refractivity contribution in [2.45, 2.75) is 6.61 Å². The normalized spacial score (nSPS) is 10.7. The van der Waals surface area contributed by atoms with E-state index in [9.17, 15) is 0 Å². The molecule has 0 saturated carbocycles. The minimum atomic E-state index is 0.353. The standard InChI is InChI=1S/C19H14N4O/c1-2-9-17-16(8-1)18(14-6-5-10-20-12-14)22-23-19(17)24-13-15-7-3-4-11-21-15/h1-12H,13H2. The van der Waals surface area contributed by atoms with Crippen LogP contribution in [0.15, 0.2) is 73.2 Å². The first-order valence-corrected chi connectivity index (χ1v) is 7.60. The van der Waals surface area contributed by atoms with E-state index in [1.165, 1.54) is 0 Å². The first-order valence-electron chi connectivity index (χ1n) is 7.60. The fourth-order valence-corrected chi connectivity index (χ4v) is 2.53. The molecule has 0 aliphatic heterocycles. The minimum Gasteiger partial charge on any atom is -0.470 e. The summed E-state index contributed by atoms with van der Waals surface area (Å²) in [5.74, 6) is 0.504. The Hall–Kier alpha value is -3.34. The number of aromatic nitrogens is 4. The highest BCUT2D eigenvalue weighted by atomic mass is 16.5. The summed E-state index contributed by atoms with van der Waals surface area (Å²) in [5.41, 5.74) is 2.57. The summed E-state index contributed by atoms with van der Waals surface area (Å²) >= 11 is 0. The minimum absolute atomic E-state index is 0.353. The lowest BCUT2D eigenvalue weighted by Gasteiger charge is -2.10. The largest absolute Gasteiger partial charge is 0.470 e. The molecule has 3 heterocycles. The molecule has 24 heavy (non-hydrogen) atoms. The first-order chi connectivity index (χ1) is 11.9. The molecule has 0 spiro atoms. The van der Waals surface area contributed by atoms with Crippen molar-refractivity contribution in [3.8, 4) is 17.1 Å². The Morgan fingerprint density at radius 1 is 0.792 bits per heavy atom. The molecule has 0 unspecified atom stereocenters. The van der Waals surface area contributed by atoms with Gasteiger partial charge < -0.3 is 4.74 Å². The van der Waals surface area contributed by atoms with E-state index in [2.05, 4.69) is 20.2 Å². The van der Waals surface area contributed by atoms with Gasteiger partial charge in [0.2, 0.25) is 5.88 Å². The Morgan fingerprint density at radius 2 is 1.67 bits per heavy atom. The quantitative estimate of drug-likeness (QED) is 0.575. The molecule has 0 N–H and O–H groups in total. The maximum atomic E-state index is 5.84. The number of nitrogens with zero attached hydrogens (tertiary/aromatic N) is 4. The molecular formula is C19H14N4O. The second-order valence-corrected chi connectivity index (χ2v) is 5.25. The van der Waals surface area contributed by atoms with E-state index in [4.69, 9.17) is 4.74 Å². The lowest BCUT2D eigenvalue weighted by Crippen LogP contribution is -2.02. The molecule has 0 bridgehead atoms. The highest BCUT2D eigenvalue weighted by molar-refractivity contribution is 5.96. The summed E-state index contributed by atoms with van der Waals surface area (Å²) in [4.78, 5) is 8.42. The number of rotatable bonds is 4. The SMILES string of the molecule is c1ccc(COc2nnc(-c3cccnc3)c3ccccc23)nc1. The van der Waals surface area contributed by atoms with Gasteiger partial charge in [0.25, 0.3) is 0 Å². The average molecular weight is 314 g/mol. The van der Waals surface area contributed by atoms with Crippen molar-refractivity contribution in [2.75, 3.05) is 0 Å². The maximum Gasteiger partial charge on any atom is 0.241 e.